The molecule has 0 bridgehead atoms. The highest BCUT2D eigenvalue weighted by Gasteiger charge is 2.32. The predicted octanol–water partition coefficient (Wildman–Crippen LogP) is 3.39. The minimum atomic E-state index is -2.66. The zero-order valence-corrected chi connectivity index (χ0v) is 10.5. The molecule has 0 unspecified atom stereocenters. The quantitative estimate of drug-likeness (QED) is 0.880. The first-order valence-electron chi connectivity index (χ1n) is 5.47. The van der Waals surface area contributed by atoms with Crippen molar-refractivity contribution < 1.29 is 23.4 Å². The fourth-order valence-corrected chi connectivity index (χ4v) is 2.09. The van der Waals surface area contributed by atoms with Crippen molar-refractivity contribution in [2.45, 2.75) is 32.1 Å². The summed E-state index contributed by atoms with van der Waals surface area (Å²) in [4.78, 5) is 10.8. The molecule has 0 aliphatic rings. The van der Waals surface area contributed by atoms with Gasteiger partial charge >= 0.3 is 5.97 Å². The fraction of sp³-hybridized carbons (Fsp3) is 0.462. The maximum atomic E-state index is 13.0. The van der Waals surface area contributed by atoms with Crippen LogP contribution in [0.5, 0.6) is 5.75 Å². The zero-order chi connectivity index (χ0) is 13.9. The molecule has 18 heavy (non-hydrogen) atoms. The Morgan fingerprint density at radius 2 is 2.06 bits per heavy atom. The molecule has 0 fully saturated rings. The number of alkyl halides is 2. The number of ether oxygens (including phenoxy) is 1. The molecule has 1 aromatic carbocycles. The summed E-state index contributed by atoms with van der Waals surface area (Å²) in [6.45, 7) is 3.23. The molecule has 1 rings (SSSR count). The molecule has 5 heteroatoms. The van der Waals surface area contributed by atoms with Gasteiger partial charge in [-0.3, -0.25) is 4.79 Å². The van der Waals surface area contributed by atoms with Crippen LogP contribution in [0.1, 0.15) is 37.8 Å². The van der Waals surface area contributed by atoms with Crippen LogP contribution < -0.4 is 4.74 Å². The molecule has 0 aliphatic carbocycles. The van der Waals surface area contributed by atoms with E-state index in [9.17, 15) is 13.6 Å². The Labute approximate surface area is 104 Å². The molecule has 0 saturated heterocycles. The van der Waals surface area contributed by atoms with Gasteiger partial charge in [0.05, 0.1) is 13.5 Å². The van der Waals surface area contributed by atoms with E-state index in [-0.39, 0.29) is 17.5 Å². The molecule has 0 heterocycles. The van der Waals surface area contributed by atoms with E-state index in [1.54, 1.807) is 19.9 Å². The van der Waals surface area contributed by atoms with Gasteiger partial charge in [-0.2, -0.15) is 0 Å². The van der Waals surface area contributed by atoms with Gasteiger partial charge in [0, 0.05) is 16.5 Å². The molecular weight excluding hydrogens is 242 g/mol. The first-order chi connectivity index (χ1) is 8.29. The van der Waals surface area contributed by atoms with E-state index in [0.717, 1.165) is 0 Å². The van der Waals surface area contributed by atoms with Gasteiger partial charge in [-0.05, 0) is 6.07 Å². The van der Waals surface area contributed by atoms with Crippen molar-refractivity contribution in [1.29, 1.82) is 0 Å². The lowest BCUT2D eigenvalue weighted by atomic mass is 9.78. The van der Waals surface area contributed by atoms with Gasteiger partial charge < -0.3 is 9.84 Å². The molecule has 0 saturated carbocycles. The van der Waals surface area contributed by atoms with Crippen LogP contribution in [-0.2, 0) is 10.2 Å². The van der Waals surface area contributed by atoms with Crippen LogP contribution in [0.2, 0.25) is 0 Å². The Kier molecular flexibility index (Phi) is 4.27. The first kappa shape index (κ1) is 14.4. The highest BCUT2D eigenvalue weighted by Crippen LogP contribution is 2.40. The zero-order valence-electron chi connectivity index (χ0n) is 10.5. The van der Waals surface area contributed by atoms with E-state index in [1.165, 1.54) is 19.2 Å². The molecule has 0 radical (unpaired) electrons. The summed E-state index contributed by atoms with van der Waals surface area (Å²) in [5, 5.41) is 8.88. The lowest BCUT2D eigenvalue weighted by Gasteiger charge is -2.28. The van der Waals surface area contributed by atoms with Crippen molar-refractivity contribution in [3.05, 3.63) is 29.3 Å². The third-order valence-electron chi connectivity index (χ3n) is 2.78. The number of carbonyl (C=O) groups is 1. The second kappa shape index (κ2) is 5.33. The molecule has 0 aromatic heterocycles. The SMILES string of the molecule is COc1cccc(C(F)F)c1C(C)(C)CC(=O)O. The molecule has 0 spiro atoms. The van der Waals surface area contributed by atoms with Crippen LogP contribution in [0.3, 0.4) is 0 Å². The lowest BCUT2D eigenvalue weighted by molar-refractivity contribution is -0.138. The van der Waals surface area contributed by atoms with Crippen molar-refractivity contribution in [2.75, 3.05) is 7.11 Å². The third-order valence-corrected chi connectivity index (χ3v) is 2.78. The van der Waals surface area contributed by atoms with Crippen LogP contribution in [-0.4, -0.2) is 18.2 Å². The summed E-state index contributed by atoms with van der Waals surface area (Å²) >= 11 is 0. The minimum absolute atomic E-state index is 0.180. The number of halogens is 2. The molecule has 100 valence electrons. The Morgan fingerprint density at radius 3 is 2.50 bits per heavy atom. The summed E-state index contributed by atoms with van der Waals surface area (Å²) in [5.74, 6) is -0.745. The fourth-order valence-electron chi connectivity index (χ4n) is 2.09. The van der Waals surface area contributed by atoms with Gasteiger partial charge in [0.15, 0.2) is 0 Å². The smallest absolute Gasteiger partial charge is 0.304 e. The van der Waals surface area contributed by atoms with Crippen molar-refractivity contribution in [2.24, 2.45) is 0 Å². The van der Waals surface area contributed by atoms with Gasteiger partial charge in [0.2, 0.25) is 0 Å². The van der Waals surface area contributed by atoms with Gasteiger partial charge in [-0.1, -0.05) is 26.0 Å². The molecule has 3 nitrogen and oxygen atoms in total. The van der Waals surface area contributed by atoms with E-state index in [2.05, 4.69) is 0 Å². The highest BCUT2D eigenvalue weighted by molar-refractivity contribution is 5.69. The second-order valence-electron chi connectivity index (χ2n) is 4.68. The molecule has 1 N–H and O–H groups in total. The summed E-state index contributed by atoms with van der Waals surface area (Å²) < 4.78 is 31.1. The van der Waals surface area contributed by atoms with Crippen molar-refractivity contribution >= 4 is 5.97 Å². The van der Waals surface area contributed by atoms with Crippen molar-refractivity contribution in [1.82, 2.24) is 0 Å². The van der Waals surface area contributed by atoms with Crippen LogP contribution in [0.15, 0.2) is 18.2 Å². The third kappa shape index (κ3) is 2.97. The normalized spacial score (nSPS) is 11.7. The number of methoxy groups -OCH3 is 1. The topological polar surface area (TPSA) is 46.5 Å². The van der Waals surface area contributed by atoms with E-state index >= 15 is 0 Å². The van der Waals surface area contributed by atoms with E-state index in [1.807, 2.05) is 0 Å². The lowest BCUT2D eigenvalue weighted by Crippen LogP contribution is -2.24. The predicted molar refractivity (Wildman–Crippen MR) is 63.2 cm³/mol. The number of rotatable bonds is 5. The van der Waals surface area contributed by atoms with Gasteiger partial charge in [-0.15, -0.1) is 0 Å². The Morgan fingerprint density at radius 1 is 1.44 bits per heavy atom. The standard InChI is InChI=1S/C13H16F2O3/c1-13(2,7-10(16)17)11-8(12(14)15)5-4-6-9(11)18-3/h4-6,12H,7H2,1-3H3,(H,16,17). The van der Waals surface area contributed by atoms with E-state index in [0.29, 0.717) is 5.75 Å². The second-order valence-corrected chi connectivity index (χ2v) is 4.68. The van der Waals surface area contributed by atoms with E-state index < -0.39 is 17.8 Å². The number of hydrogen-bond donors (Lipinski definition) is 1. The Balaban J connectivity index is 3.39. The van der Waals surface area contributed by atoms with Crippen LogP contribution >= 0.6 is 0 Å². The van der Waals surface area contributed by atoms with Crippen molar-refractivity contribution in [3.63, 3.8) is 0 Å². The van der Waals surface area contributed by atoms with Gasteiger partial charge in [0.1, 0.15) is 5.75 Å². The molecule has 0 aliphatic heterocycles. The molecular formula is C13H16F2O3. The summed E-state index contributed by atoms with van der Waals surface area (Å²) in [6, 6.07) is 4.33. The largest absolute Gasteiger partial charge is 0.496 e. The first-order valence-corrected chi connectivity index (χ1v) is 5.47. The number of carboxylic acid groups (broad SMARTS) is 1. The minimum Gasteiger partial charge on any atom is -0.496 e. The Hall–Kier alpha value is -1.65. The maximum Gasteiger partial charge on any atom is 0.304 e. The van der Waals surface area contributed by atoms with Crippen molar-refractivity contribution in [3.8, 4) is 5.75 Å². The summed E-state index contributed by atoms with van der Waals surface area (Å²) in [5.41, 5.74) is -0.852. The maximum absolute atomic E-state index is 13.0. The number of benzene rings is 1. The highest BCUT2D eigenvalue weighted by atomic mass is 19.3. The van der Waals surface area contributed by atoms with Crippen LogP contribution in [0.4, 0.5) is 8.78 Å². The monoisotopic (exact) mass is 258 g/mol. The summed E-state index contributed by atoms with van der Waals surface area (Å²) in [7, 11) is 1.38. The summed E-state index contributed by atoms with van der Waals surface area (Å²) in [6.07, 6.45) is -2.91. The van der Waals surface area contributed by atoms with Crippen LogP contribution in [0, 0.1) is 0 Å². The van der Waals surface area contributed by atoms with Crippen LogP contribution in [0.25, 0.3) is 0 Å². The van der Waals surface area contributed by atoms with Gasteiger partial charge in [-0.25, -0.2) is 8.78 Å². The number of hydrogen-bond acceptors (Lipinski definition) is 2. The molecule has 0 atom stereocenters. The average Bonchev–Trinajstić information content (AvgIpc) is 2.26. The van der Waals surface area contributed by atoms with E-state index in [4.69, 9.17) is 9.84 Å². The molecule has 0 amide bonds. The average molecular weight is 258 g/mol. The Bertz CT molecular complexity index is 442. The number of aliphatic carboxylic acids is 1. The van der Waals surface area contributed by atoms with Gasteiger partial charge in [0.25, 0.3) is 6.43 Å². The number of carboxylic acids is 1. The molecule has 1 aromatic rings.